The highest BCUT2D eigenvalue weighted by Crippen LogP contribution is 2.24. The number of anilines is 1. The molecule has 2 rings (SSSR count). The fourth-order valence-electron chi connectivity index (χ4n) is 1.71. The van der Waals surface area contributed by atoms with Gasteiger partial charge < -0.3 is 15.3 Å². The zero-order valence-electron chi connectivity index (χ0n) is 9.21. The zero-order chi connectivity index (χ0) is 12.4. The molecular formula is C9H12N4O3S. The first kappa shape index (κ1) is 11.8. The van der Waals surface area contributed by atoms with E-state index in [9.17, 15) is 9.59 Å². The van der Waals surface area contributed by atoms with Crippen molar-refractivity contribution in [2.45, 2.75) is 19.4 Å². The zero-order valence-corrected chi connectivity index (χ0v) is 10.0. The third kappa shape index (κ3) is 2.52. The molecule has 0 spiro atoms. The summed E-state index contributed by atoms with van der Waals surface area (Å²) in [7, 11) is 0. The van der Waals surface area contributed by atoms with E-state index >= 15 is 0 Å². The van der Waals surface area contributed by atoms with E-state index in [0.717, 1.165) is 5.01 Å². The van der Waals surface area contributed by atoms with E-state index in [0.29, 0.717) is 18.2 Å². The molecule has 1 unspecified atom stereocenters. The normalized spacial score (nSPS) is 20.2. The van der Waals surface area contributed by atoms with Crippen molar-refractivity contribution in [1.82, 2.24) is 15.5 Å². The fraction of sp³-hybridized carbons (Fsp3) is 0.556. The number of aromatic nitrogens is 2. The molecule has 1 aliphatic rings. The maximum Gasteiger partial charge on any atom is 0.305 e. The smallest absolute Gasteiger partial charge is 0.305 e. The average Bonchev–Trinajstić information content (AvgIpc) is 2.67. The lowest BCUT2D eigenvalue weighted by Crippen LogP contribution is -2.56. The Bertz CT molecular complexity index is 447. The Morgan fingerprint density at radius 2 is 2.41 bits per heavy atom. The second-order valence-electron chi connectivity index (χ2n) is 3.70. The summed E-state index contributed by atoms with van der Waals surface area (Å²) < 4.78 is 0. The van der Waals surface area contributed by atoms with E-state index in [1.165, 1.54) is 11.3 Å². The standard InChI is InChI=1S/C9H12N4O3S/c1-5-11-12-9(17-5)13-3-2-10-8(16)6(13)4-7(14)15/h6H,2-4H2,1H3,(H,10,16)(H,14,15). The first-order valence-corrected chi connectivity index (χ1v) is 5.96. The van der Waals surface area contributed by atoms with E-state index in [-0.39, 0.29) is 12.3 Å². The van der Waals surface area contributed by atoms with E-state index < -0.39 is 12.0 Å². The van der Waals surface area contributed by atoms with Crippen LogP contribution in [0.15, 0.2) is 0 Å². The predicted molar refractivity (Wildman–Crippen MR) is 61.0 cm³/mol. The van der Waals surface area contributed by atoms with Gasteiger partial charge in [0.15, 0.2) is 0 Å². The van der Waals surface area contributed by atoms with Gasteiger partial charge in [-0.2, -0.15) is 0 Å². The Labute approximate surface area is 101 Å². The molecule has 2 N–H and O–H groups in total. The van der Waals surface area contributed by atoms with E-state index in [4.69, 9.17) is 5.11 Å². The summed E-state index contributed by atoms with van der Waals surface area (Å²) in [6.45, 7) is 2.86. The van der Waals surface area contributed by atoms with Gasteiger partial charge >= 0.3 is 5.97 Å². The molecule has 1 amide bonds. The molecule has 0 aliphatic carbocycles. The first-order chi connectivity index (χ1) is 8.08. The van der Waals surface area contributed by atoms with Gasteiger partial charge in [0.1, 0.15) is 11.0 Å². The number of nitrogens with zero attached hydrogens (tertiary/aromatic N) is 3. The van der Waals surface area contributed by atoms with Gasteiger partial charge in [0, 0.05) is 13.1 Å². The predicted octanol–water partition coefficient (Wildman–Crippen LogP) is -0.374. The SMILES string of the molecule is Cc1nnc(N2CCNC(=O)C2CC(=O)O)s1. The molecule has 92 valence electrons. The minimum Gasteiger partial charge on any atom is -0.481 e. The van der Waals surface area contributed by atoms with Crippen LogP contribution in [0.25, 0.3) is 0 Å². The quantitative estimate of drug-likeness (QED) is 0.766. The van der Waals surface area contributed by atoms with Crippen molar-refractivity contribution in [2.24, 2.45) is 0 Å². The molecule has 0 saturated carbocycles. The third-order valence-corrected chi connectivity index (χ3v) is 3.34. The molecule has 0 bridgehead atoms. The lowest BCUT2D eigenvalue weighted by atomic mass is 10.1. The number of carbonyl (C=O) groups excluding carboxylic acids is 1. The van der Waals surface area contributed by atoms with Gasteiger partial charge in [-0.3, -0.25) is 9.59 Å². The molecule has 1 saturated heterocycles. The van der Waals surface area contributed by atoms with Crippen molar-refractivity contribution in [1.29, 1.82) is 0 Å². The Hall–Kier alpha value is -1.70. The molecule has 1 aromatic rings. The van der Waals surface area contributed by atoms with Gasteiger partial charge in [-0.15, -0.1) is 10.2 Å². The highest BCUT2D eigenvalue weighted by atomic mass is 32.1. The maximum absolute atomic E-state index is 11.7. The third-order valence-electron chi connectivity index (χ3n) is 2.46. The van der Waals surface area contributed by atoms with Gasteiger partial charge in [-0.25, -0.2) is 0 Å². The van der Waals surface area contributed by atoms with Gasteiger partial charge in [-0.1, -0.05) is 11.3 Å². The molecule has 7 nitrogen and oxygen atoms in total. The lowest BCUT2D eigenvalue weighted by molar-refractivity contribution is -0.139. The van der Waals surface area contributed by atoms with Crippen LogP contribution < -0.4 is 10.2 Å². The van der Waals surface area contributed by atoms with Gasteiger partial charge in [0.25, 0.3) is 0 Å². The Kier molecular flexibility index (Phi) is 3.23. The van der Waals surface area contributed by atoms with Crippen molar-refractivity contribution in [3.8, 4) is 0 Å². The van der Waals surface area contributed by atoms with Crippen LogP contribution in [0.4, 0.5) is 5.13 Å². The van der Waals surface area contributed by atoms with Crippen molar-refractivity contribution < 1.29 is 14.7 Å². The fourth-order valence-corrected chi connectivity index (χ4v) is 2.48. The second kappa shape index (κ2) is 4.66. The number of amides is 1. The number of hydrogen-bond donors (Lipinski definition) is 2. The number of carbonyl (C=O) groups is 2. The van der Waals surface area contributed by atoms with E-state index in [1.54, 1.807) is 4.90 Å². The van der Waals surface area contributed by atoms with E-state index in [2.05, 4.69) is 15.5 Å². The van der Waals surface area contributed by atoms with Gasteiger partial charge in [0.2, 0.25) is 11.0 Å². The molecule has 0 radical (unpaired) electrons. The molecule has 1 aromatic heterocycles. The number of piperazine rings is 1. The average molecular weight is 256 g/mol. The van der Waals surface area contributed by atoms with Crippen molar-refractivity contribution in [2.75, 3.05) is 18.0 Å². The van der Waals surface area contributed by atoms with Crippen molar-refractivity contribution in [3.05, 3.63) is 5.01 Å². The highest BCUT2D eigenvalue weighted by Gasteiger charge is 2.33. The molecule has 1 atom stereocenters. The minimum absolute atomic E-state index is 0.232. The molecule has 2 heterocycles. The van der Waals surface area contributed by atoms with Gasteiger partial charge in [0.05, 0.1) is 6.42 Å². The van der Waals surface area contributed by atoms with Crippen LogP contribution in [0, 0.1) is 6.92 Å². The van der Waals surface area contributed by atoms with Crippen LogP contribution in [0.1, 0.15) is 11.4 Å². The van der Waals surface area contributed by atoms with Crippen LogP contribution in [-0.4, -0.2) is 46.3 Å². The largest absolute Gasteiger partial charge is 0.481 e. The Balaban J connectivity index is 2.22. The maximum atomic E-state index is 11.7. The molecule has 17 heavy (non-hydrogen) atoms. The highest BCUT2D eigenvalue weighted by molar-refractivity contribution is 7.15. The van der Waals surface area contributed by atoms with Crippen LogP contribution in [0.5, 0.6) is 0 Å². The van der Waals surface area contributed by atoms with Crippen molar-refractivity contribution >= 4 is 28.3 Å². The molecular weight excluding hydrogens is 244 g/mol. The second-order valence-corrected chi connectivity index (χ2v) is 4.86. The summed E-state index contributed by atoms with van der Waals surface area (Å²) >= 11 is 1.36. The molecule has 1 fully saturated rings. The number of aryl methyl sites for hydroxylation is 1. The first-order valence-electron chi connectivity index (χ1n) is 5.14. The number of aliphatic carboxylic acids is 1. The number of carboxylic acid groups (broad SMARTS) is 1. The number of nitrogens with one attached hydrogen (secondary N) is 1. The summed E-state index contributed by atoms with van der Waals surface area (Å²) in [5, 5.41) is 20.7. The van der Waals surface area contributed by atoms with Crippen LogP contribution in [0.2, 0.25) is 0 Å². The summed E-state index contributed by atoms with van der Waals surface area (Å²) in [6, 6.07) is -0.700. The minimum atomic E-state index is -1.00. The summed E-state index contributed by atoms with van der Waals surface area (Å²) in [6.07, 6.45) is -0.232. The molecule has 0 aromatic carbocycles. The summed E-state index contributed by atoms with van der Waals surface area (Å²) in [5.74, 6) is -1.27. The van der Waals surface area contributed by atoms with E-state index in [1.807, 2.05) is 6.92 Å². The number of rotatable bonds is 3. The Morgan fingerprint density at radius 3 is 3.00 bits per heavy atom. The van der Waals surface area contributed by atoms with Crippen LogP contribution >= 0.6 is 11.3 Å². The number of hydrogen-bond acceptors (Lipinski definition) is 6. The van der Waals surface area contributed by atoms with Gasteiger partial charge in [-0.05, 0) is 6.92 Å². The number of carboxylic acids is 1. The van der Waals surface area contributed by atoms with Crippen LogP contribution in [0.3, 0.4) is 0 Å². The van der Waals surface area contributed by atoms with Crippen molar-refractivity contribution in [3.63, 3.8) is 0 Å². The lowest BCUT2D eigenvalue weighted by Gasteiger charge is -2.33. The molecule has 8 heteroatoms. The topological polar surface area (TPSA) is 95.4 Å². The summed E-state index contributed by atoms with van der Waals surface area (Å²) in [5.41, 5.74) is 0. The molecule has 1 aliphatic heterocycles. The summed E-state index contributed by atoms with van der Waals surface area (Å²) in [4.78, 5) is 24.1. The van der Waals surface area contributed by atoms with Crippen LogP contribution in [-0.2, 0) is 9.59 Å². The monoisotopic (exact) mass is 256 g/mol. The Morgan fingerprint density at radius 1 is 1.65 bits per heavy atom.